The molecule has 0 aliphatic carbocycles. The van der Waals surface area contributed by atoms with Crippen LogP contribution in [0.4, 0.5) is 0 Å². The van der Waals surface area contributed by atoms with Gasteiger partial charge in [0.1, 0.15) is 6.26 Å². The molecule has 1 atom stereocenters. The minimum Gasteiger partial charge on any atom is -0.450 e. The molecule has 1 N–H and O–H groups in total. The van der Waals surface area contributed by atoms with E-state index in [0.717, 1.165) is 25.2 Å². The highest BCUT2D eigenvalue weighted by molar-refractivity contribution is 4.99. The molecular weight excluding hydrogens is 228 g/mol. The summed E-state index contributed by atoms with van der Waals surface area (Å²) in [6.45, 7) is 8.85. The molecular formula is C14H26N2O2. The Bertz CT molecular complexity index is 312. The van der Waals surface area contributed by atoms with E-state index in [9.17, 15) is 0 Å². The van der Waals surface area contributed by atoms with Gasteiger partial charge < -0.3 is 14.5 Å². The van der Waals surface area contributed by atoms with Crippen LogP contribution in [0, 0.1) is 5.92 Å². The Morgan fingerprint density at radius 3 is 2.89 bits per heavy atom. The fourth-order valence-electron chi connectivity index (χ4n) is 1.78. The second-order valence-electron chi connectivity index (χ2n) is 4.61. The second-order valence-corrected chi connectivity index (χ2v) is 4.61. The van der Waals surface area contributed by atoms with Gasteiger partial charge in [-0.1, -0.05) is 40.0 Å². The van der Waals surface area contributed by atoms with Crippen LogP contribution in [0.5, 0.6) is 6.08 Å². The van der Waals surface area contributed by atoms with Crippen molar-refractivity contribution in [2.24, 2.45) is 5.92 Å². The van der Waals surface area contributed by atoms with E-state index in [2.05, 4.69) is 31.1 Å². The molecule has 0 amide bonds. The third kappa shape index (κ3) is 5.54. The quantitative estimate of drug-likeness (QED) is 0.695. The monoisotopic (exact) mass is 254 g/mol. The Kier molecular flexibility index (Phi) is 7.49. The lowest BCUT2D eigenvalue weighted by Crippen LogP contribution is -2.13. The third-order valence-electron chi connectivity index (χ3n) is 3.07. The normalized spacial score (nSPS) is 12.6. The number of rotatable bonds is 10. The second kappa shape index (κ2) is 8.97. The Balaban J connectivity index is 2.30. The van der Waals surface area contributed by atoms with Crippen LogP contribution in [-0.2, 0) is 6.54 Å². The van der Waals surface area contributed by atoms with Crippen molar-refractivity contribution in [3.8, 4) is 6.08 Å². The van der Waals surface area contributed by atoms with Crippen molar-refractivity contribution in [2.45, 2.75) is 53.0 Å². The predicted octanol–water partition coefficient (Wildman–Crippen LogP) is 3.38. The van der Waals surface area contributed by atoms with Crippen molar-refractivity contribution in [3.05, 3.63) is 12.0 Å². The molecule has 0 saturated heterocycles. The highest BCUT2D eigenvalue weighted by Crippen LogP contribution is 2.16. The molecule has 0 aromatic carbocycles. The largest absolute Gasteiger partial charge is 0.450 e. The van der Waals surface area contributed by atoms with E-state index in [1.165, 1.54) is 19.3 Å². The summed E-state index contributed by atoms with van der Waals surface area (Å²) in [5, 5.41) is 3.20. The summed E-state index contributed by atoms with van der Waals surface area (Å²) in [7, 11) is 0. The van der Waals surface area contributed by atoms with Crippen LogP contribution >= 0.6 is 0 Å². The molecule has 104 valence electrons. The summed E-state index contributed by atoms with van der Waals surface area (Å²) in [4.78, 5) is 4.28. The highest BCUT2D eigenvalue weighted by atomic mass is 16.6. The Morgan fingerprint density at radius 1 is 1.39 bits per heavy atom. The number of hydrogen-bond acceptors (Lipinski definition) is 4. The van der Waals surface area contributed by atoms with Crippen LogP contribution < -0.4 is 10.1 Å². The van der Waals surface area contributed by atoms with Crippen molar-refractivity contribution in [1.29, 1.82) is 0 Å². The van der Waals surface area contributed by atoms with Crippen molar-refractivity contribution in [2.75, 3.05) is 13.2 Å². The molecule has 0 bridgehead atoms. The number of nitrogens with zero attached hydrogens (tertiary/aromatic N) is 1. The summed E-state index contributed by atoms with van der Waals surface area (Å²) < 4.78 is 10.9. The first-order valence-corrected chi connectivity index (χ1v) is 7.08. The number of nitrogens with one attached hydrogen (secondary N) is 1. The summed E-state index contributed by atoms with van der Waals surface area (Å²) in [5.41, 5.74) is 0.897. The molecule has 0 aliphatic rings. The molecule has 0 saturated carbocycles. The number of unbranched alkanes of at least 4 members (excludes halogenated alkanes) is 1. The fourth-order valence-corrected chi connectivity index (χ4v) is 1.78. The molecule has 1 aromatic heterocycles. The van der Waals surface area contributed by atoms with Gasteiger partial charge in [-0.25, -0.2) is 0 Å². The third-order valence-corrected chi connectivity index (χ3v) is 3.07. The highest BCUT2D eigenvalue weighted by Gasteiger charge is 2.10. The van der Waals surface area contributed by atoms with E-state index in [1.54, 1.807) is 6.26 Å². The van der Waals surface area contributed by atoms with E-state index in [4.69, 9.17) is 9.15 Å². The maximum absolute atomic E-state index is 5.61. The minimum atomic E-state index is 0.401. The van der Waals surface area contributed by atoms with Gasteiger partial charge in [-0.05, 0) is 18.9 Å². The average Bonchev–Trinajstić information content (AvgIpc) is 2.84. The summed E-state index contributed by atoms with van der Waals surface area (Å²) >= 11 is 0. The topological polar surface area (TPSA) is 47.3 Å². The molecule has 1 heterocycles. The smallest absolute Gasteiger partial charge is 0.393 e. The average molecular weight is 254 g/mol. The number of hydrogen-bond donors (Lipinski definition) is 1. The lowest BCUT2D eigenvalue weighted by atomic mass is 10.0. The first-order chi connectivity index (χ1) is 8.80. The van der Waals surface area contributed by atoms with Gasteiger partial charge in [-0.3, -0.25) is 0 Å². The van der Waals surface area contributed by atoms with E-state index in [-0.39, 0.29) is 0 Å². The summed E-state index contributed by atoms with van der Waals surface area (Å²) in [6.07, 6.45) is 6.92. The maximum Gasteiger partial charge on any atom is 0.393 e. The van der Waals surface area contributed by atoms with Crippen LogP contribution in [0.15, 0.2) is 10.7 Å². The Morgan fingerprint density at radius 2 is 2.22 bits per heavy atom. The van der Waals surface area contributed by atoms with Crippen molar-refractivity contribution < 1.29 is 9.15 Å². The minimum absolute atomic E-state index is 0.401. The Hall–Kier alpha value is -1.03. The van der Waals surface area contributed by atoms with Gasteiger partial charge in [0, 0.05) is 6.54 Å². The molecule has 1 aromatic rings. The van der Waals surface area contributed by atoms with Gasteiger partial charge in [0.15, 0.2) is 0 Å². The van der Waals surface area contributed by atoms with Crippen LogP contribution in [-0.4, -0.2) is 18.1 Å². The van der Waals surface area contributed by atoms with Gasteiger partial charge in [-0.15, -0.1) is 0 Å². The molecule has 0 radical (unpaired) electrons. The molecule has 4 heteroatoms. The lowest BCUT2D eigenvalue weighted by Gasteiger charge is -2.13. The molecule has 4 nitrogen and oxygen atoms in total. The van der Waals surface area contributed by atoms with Crippen molar-refractivity contribution in [1.82, 2.24) is 10.3 Å². The Labute approximate surface area is 110 Å². The van der Waals surface area contributed by atoms with E-state index in [1.807, 2.05) is 0 Å². The SMILES string of the molecule is CCCCC(CC)COc1nc(CNCC)co1. The zero-order chi connectivity index (χ0) is 13.2. The van der Waals surface area contributed by atoms with E-state index >= 15 is 0 Å². The molecule has 0 spiro atoms. The molecule has 1 unspecified atom stereocenters. The molecule has 0 fully saturated rings. The predicted molar refractivity (Wildman–Crippen MR) is 72.7 cm³/mol. The molecule has 1 rings (SSSR count). The van der Waals surface area contributed by atoms with Gasteiger partial charge in [0.2, 0.25) is 0 Å². The van der Waals surface area contributed by atoms with Gasteiger partial charge in [0.25, 0.3) is 0 Å². The van der Waals surface area contributed by atoms with Gasteiger partial charge in [-0.2, -0.15) is 4.98 Å². The van der Waals surface area contributed by atoms with Crippen LogP contribution in [0.2, 0.25) is 0 Å². The maximum atomic E-state index is 5.61. The first-order valence-electron chi connectivity index (χ1n) is 7.08. The summed E-state index contributed by atoms with van der Waals surface area (Å²) in [5.74, 6) is 0.606. The van der Waals surface area contributed by atoms with Gasteiger partial charge >= 0.3 is 6.08 Å². The number of oxazole rings is 1. The van der Waals surface area contributed by atoms with Crippen LogP contribution in [0.1, 0.15) is 52.1 Å². The summed E-state index contributed by atoms with van der Waals surface area (Å²) in [6, 6.07) is 0. The fraction of sp³-hybridized carbons (Fsp3) is 0.786. The standard InChI is InChI=1S/C14H26N2O2/c1-4-7-8-12(5-2)10-17-14-16-13(11-18-14)9-15-6-3/h11-12,15H,4-10H2,1-3H3. The number of aromatic nitrogens is 1. The number of ether oxygens (including phenoxy) is 1. The molecule has 0 aliphatic heterocycles. The van der Waals surface area contributed by atoms with E-state index in [0.29, 0.717) is 18.6 Å². The van der Waals surface area contributed by atoms with E-state index < -0.39 is 0 Å². The molecule has 18 heavy (non-hydrogen) atoms. The van der Waals surface area contributed by atoms with Gasteiger partial charge in [0.05, 0.1) is 12.3 Å². The zero-order valence-corrected chi connectivity index (χ0v) is 11.9. The zero-order valence-electron chi connectivity index (χ0n) is 11.9. The van der Waals surface area contributed by atoms with Crippen LogP contribution in [0.3, 0.4) is 0 Å². The van der Waals surface area contributed by atoms with Crippen LogP contribution in [0.25, 0.3) is 0 Å². The first kappa shape index (κ1) is 15.0. The van der Waals surface area contributed by atoms with Crippen molar-refractivity contribution >= 4 is 0 Å². The lowest BCUT2D eigenvalue weighted by molar-refractivity contribution is 0.179. The van der Waals surface area contributed by atoms with Crippen molar-refractivity contribution in [3.63, 3.8) is 0 Å².